The van der Waals surface area contributed by atoms with E-state index in [9.17, 15) is 9.90 Å². The Bertz CT molecular complexity index is 497. The maximum absolute atomic E-state index is 12.4. The average Bonchev–Trinajstić information content (AvgIpc) is 2.91. The number of amides is 1. The van der Waals surface area contributed by atoms with Gasteiger partial charge in [-0.25, -0.2) is 0 Å². The highest BCUT2D eigenvalue weighted by Crippen LogP contribution is 2.33. The molecule has 0 aromatic carbocycles. The summed E-state index contributed by atoms with van der Waals surface area (Å²) in [6.07, 6.45) is 6.85. The molecule has 2 heterocycles. The summed E-state index contributed by atoms with van der Waals surface area (Å²) in [4.78, 5) is 14.3. The first kappa shape index (κ1) is 15.8. The first-order chi connectivity index (χ1) is 10.1. The minimum absolute atomic E-state index is 0.112. The van der Waals surface area contributed by atoms with E-state index in [2.05, 4.69) is 11.7 Å². The van der Waals surface area contributed by atoms with Crippen molar-refractivity contribution in [1.82, 2.24) is 14.7 Å². The van der Waals surface area contributed by atoms with E-state index in [0.29, 0.717) is 19.5 Å². The van der Waals surface area contributed by atoms with Crippen molar-refractivity contribution < 1.29 is 9.90 Å². The molecule has 2 rings (SSSR count). The van der Waals surface area contributed by atoms with Gasteiger partial charge in [0.15, 0.2) is 0 Å². The second-order valence-electron chi connectivity index (χ2n) is 6.04. The predicted molar refractivity (Wildman–Crippen MR) is 81.7 cm³/mol. The number of aliphatic hydroxyl groups excluding tert-OH is 1. The Kier molecular flexibility index (Phi) is 5.17. The molecule has 5 nitrogen and oxygen atoms in total. The van der Waals surface area contributed by atoms with E-state index in [0.717, 1.165) is 31.5 Å². The van der Waals surface area contributed by atoms with Gasteiger partial charge in [0, 0.05) is 37.7 Å². The number of rotatable bonds is 6. The van der Waals surface area contributed by atoms with Gasteiger partial charge in [-0.1, -0.05) is 6.08 Å². The zero-order valence-electron chi connectivity index (χ0n) is 12.8. The molecular formula is C16H25N3O2. The Morgan fingerprint density at radius 3 is 3.05 bits per heavy atom. The van der Waals surface area contributed by atoms with Crippen molar-refractivity contribution in [3.05, 3.63) is 30.6 Å². The first-order valence-corrected chi connectivity index (χ1v) is 7.58. The van der Waals surface area contributed by atoms with Crippen molar-refractivity contribution in [2.24, 2.45) is 5.41 Å². The van der Waals surface area contributed by atoms with Crippen molar-refractivity contribution in [3.8, 4) is 0 Å². The van der Waals surface area contributed by atoms with Crippen LogP contribution in [-0.4, -0.2) is 45.4 Å². The summed E-state index contributed by atoms with van der Waals surface area (Å²) in [5.74, 6) is 0.143. The standard InChI is InChI=1S/C16H25N3O2/c1-3-7-16(13-20)8-4-9-18(12-16)15(21)6-11-19-10-5-14(2)17-19/h3,5,10,20H,1,4,6-9,11-13H2,2H3. The molecule has 0 radical (unpaired) electrons. The van der Waals surface area contributed by atoms with Gasteiger partial charge < -0.3 is 10.0 Å². The number of aliphatic hydroxyl groups is 1. The minimum atomic E-state index is -0.196. The van der Waals surface area contributed by atoms with Crippen LogP contribution in [-0.2, 0) is 11.3 Å². The molecule has 0 saturated carbocycles. The Hall–Kier alpha value is -1.62. The first-order valence-electron chi connectivity index (χ1n) is 7.58. The third-order valence-electron chi connectivity index (χ3n) is 4.26. The number of aryl methyl sites for hydroxylation is 2. The maximum atomic E-state index is 12.4. The quantitative estimate of drug-likeness (QED) is 0.813. The van der Waals surface area contributed by atoms with Crippen LogP contribution in [0, 0.1) is 12.3 Å². The van der Waals surface area contributed by atoms with Gasteiger partial charge in [0.05, 0.1) is 12.3 Å². The molecule has 0 spiro atoms. The molecule has 1 fully saturated rings. The van der Waals surface area contributed by atoms with E-state index in [1.807, 2.05) is 30.2 Å². The lowest BCUT2D eigenvalue weighted by molar-refractivity contribution is -0.135. The molecule has 0 bridgehead atoms. The third-order valence-corrected chi connectivity index (χ3v) is 4.26. The molecule has 1 aliphatic rings. The van der Waals surface area contributed by atoms with E-state index in [1.54, 1.807) is 4.68 Å². The molecule has 1 saturated heterocycles. The molecule has 1 aromatic rings. The monoisotopic (exact) mass is 291 g/mol. The SMILES string of the molecule is C=CCC1(CO)CCCN(C(=O)CCn2ccc(C)n2)C1. The highest BCUT2D eigenvalue weighted by molar-refractivity contribution is 5.76. The number of carbonyl (C=O) groups is 1. The zero-order chi connectivity index (χ0) is 15.3. The average molecular weight is 291 g/mol. The summed E-state index contributed by atoms with van der Waals surface area (Å²) in [6.45, 7) is 7.85. The van der Waals surface area contributed by atoms with Crippen molar-refractivity contribution in [1.29, 1.82) is 0 Å². The van der Waals surface area contributed by atoms with Gasteiger partial charge in [0.2, 0.25) is 5.91 Å². The molecule has 1 unspecified atom stereocenters. The fraction of sp³-hybridized carbons (Fsp3) is 0.625. The van der Waals surface area contributed by atoms with Gasteiger partial charge in [-0.05, 0) is 32.3 Å². The minimum Gasteiger partial charge on any atom is -0.396 e. The fourth-order valence-electron chi connectivity index (χ4n) is 3.04. The summed E-state index contributed by atoms with van der Waals surface area (Å²) in [6, 6.07) is 1.94. The number of nitrogens with zero attached hydrogens (tertiary/aromatic N) is 3. The van der Waals surface area contributed by atoms with E-state index >= 15 is 0 Å². The van der Waals surface area contributed by atoms with Gasteiger partial charge >= 0.3 is 0 Å². The topological polar surface area (TPSA) is 58.4 Å². The van der Waals surface area contributed by atoms with E-state index in [1.165, 1.54) is 0 Å². The number of hydrogen-bond acceptors (Lipinski definition) is 3. The molecule has 1 N–H and O–H groups in total. The van der Waals surface area contributed by atoms with Crippen LogP contribution in [0.1, 0.15) is 31.4 Å². The van der Waals surface area contributed by atoms with Crippen molar-refractivity contribution >= 4 is 5.91 Å². The Labute approximate surface area is 126 Å². The number of likely N-dealkylation sites (tertiary alicyclic amines) is 1. The van der Waals surface area contributed by atoms with E-state index in [-0.39, 0.29) is 17.9 Å². The van der Waals surface area contributed by atoms with Crippen LogP contribution in [0.25, 0.3) is 0 Å². The summed E-state index contributed by atoms with van der Waals surface area (Å²) in [5, 5.41) is 14.0. The zero-order valence-corrected chi connectivity index (χ0v) is 12.8. The second-order valence-corrected chi connectivity index (χ2v) is 6.04. The lowest BCUT2D eigenvalue weighted by atomic mass is 9.78. The molecule has 5 heteroatoms. The van der Waals surface area contributed by atoms with Crippen LogP contribution in [0.5, 0.6) is 0 Å². The number of aromatic nitrogens is 2. The number of carbonyl (C=O) groups excluding carboxylic acids is 1. The Balaban J connectivity index is 1.90. The molecule has 1 atom stereocenters. The van der Waals surface area contributed by atoms with E-state index < -0.39 is 0 Å². The van der Waals surface area contributed by atoms with Crippen molar-refractivity contribution in [2.45, 2.75) is 39.2 Å². The summed E-state index contributed by atoms with van der Waals surface area (Å²) in [7, 11) is 0. The van der Waals surface area contributed by atoms with Gasteiger partial charge in [0.1, 0.15) is 0 Å². The lowest BCUT2D eigenvalue weighted by Gasteiger charge is -2.41. The largest absolute Gasteiger partial charge is 0.396 e. The second kappa shape index (κ2) is 6.89. The number of allylic oxidation sites excluding steroid dienone is 1. The van der Waals surface area contributed by atoms with Crippen molar-refractivity contribution in [3.63, 3.8) is 0 Å². The van der Waals surface area contributed by atoms with Crippen LogP contribution >= 0.6 is 0 Å². The summed E-state index contributed by atoms with van der Waals surface area (Å²) < 4.78 is 1.81. The normalized spacial score (nSPS) is 22.3. The summed E-state index contributed by atoms with van der Waals surface area (Å²) >= 11 is 0. The molecule has 0 aliphatic carbocycles. The summed E-state index contributed by atoms with van der Waals surface area (Å²) in [5.41, 5.74) is 0.767. The third kappa shape index (κ3) is 3.94. The maximum Gasteiger partial charge on any atom is 0.224 e. The molecule has 1 aromatic heterocycles. The van der Waals surface area contributed by atoms with Gasteiger partial charge in [0.25, 0.3) is 0 Å². The van der Waals surface area contributed by atoms with Crippen LogP contribution in [0.4, 0.5) is 0 Å². The van der Waals surface area contributed by atoms with Crippen LogP contribution < -0.4 is 0 Å². The number of hydrogen-bond donors (Lipinski definition) is 1. The van der Waals surface area contributed by atoms with E-state index in [4.69, 9.17) is 0 Å². The molecule has 116 valence electrons. The Morgan fingerprint density at radius 1 is 1.62 bits per heavy atom. The van der Waals surface area contributed by atoms with Gasteiger partial charge in [-0.3, -0.25) is 9.48 Å². The molecule has 1 amide bonds. The van der Waals surface area contributed by atoms with Crippen LogP contribution in [0.2, 0.25) is 0 Å². The van der Waals surface area contributed by atoms with Crippen molar-refractivity contribution in [2.75, 3.05) is 19.7 Å². The fourth-order valence-corrected chi connectivity index (χ4v) is 3.04. The smallest absolute Gasteiger partial charge is 0.224 e. The Morgan fingerprint density at radius 2 is 2.43 bits per heavy atom. The number of piperidine rings is 1. The van der Waals surface area contributed by atoms with Crippen LogP contribution in [0.15, 0.2) is 24.9 Å². The molecule has 1 aliphatic heterocycles. The molecular weight excluding hydrogens is 266 g/mol. The van der Waals surface area contributed by atoms with Gasteiger partial charge in [-0.15, -0.1) is 6.58 Å². The van der Waals surface area contributed by atoms with Crippen LogP contribution in [0.3, 0.4) is 0 Å². The molecule has 21 heavy (non-hydrogen) atoms. The highest BCUT2D eigenvalue weighted by atomic mass is 16.3. The predicted octanol–water partition coefficient (Wildman–Crippen LogP) is 1.76. The lowest BCUT2D eigenvalue weighted by Crippen LogP contribution is -2.47. The highest BCUT2D eigenvalue weighted by Gasteiger charge is 2.35. The van der Waals surface area contributed by atoms with Gasteiger partial charge in [-0.2, -0.15) is 5.10 Å².